The van der Waals surface area contributed by atoms with Gasteiger partial charge in [-0.15, -0.1) is 0 Å². The van der Waals surface area contributed by atoms with Gasteiger partial charge in [0, 0.05) is 22.8 Å². The van der Waals surface area contributed by atoms with Crippen LogP contribution in [0.5, 0.6) is 0 Å². The van der Waals surface area contributed by atoms with E-state index < -0.39 is 11.4 Å². The van der Waals surface area contributed by atoms with E-state index in [0.717, 1.165) is 29.3 Å². The highest BCUT2D eigenvalue weighted by Crippen LogP contribution is 2.29. The van der Waals surface area contributed by atoms with Gasteiger partial charge in [0.2, 0.25) is 0 Å². The number of aromatic nitrogens is 1. The van der Waals surface area contributed by atoms with E-state index in [1.807, 2.05) is 49.4 Å². The Labute approximate surface area is 142 Å². The molecule has 2 aromatic rings. The molecule has 0 saturated carbocycles. The highest BCUT2D eigenvalue weighted by Gasteiger charge is 2.33. The Morgan fingerprint density at radius 3 is 2.52 bits per heavy atom. The average Bonchev–Trinajstić information content (AvgIpc) is 2.49. The van der Waals surface area contributed by atoms with Gasteiger partial charge < -0.3 is 5.11 Å². The van der Waals surface area contributed by atoms with Gasteiger partial charge in [0.25, 0.3) is 0 Å². The van der Waals surface area contributed by atoms with E-state index in [2.05, 4.69) is 4.98 Å². The number of nitrogens with zero attached hydrogens (tertiary/aromatic N) is 1. The van der Waals surface area contributed by atoms with Crippen LogP contribution in [0.25, 0.3) is 0 Å². The van der Waals surface area contributed by atoms with Gasteiger partial charge in [-0.05, 0) is 62.9 Å². The summed E-state index contributed by atoms with van der Waals surface area (Å²) in [7, 11) is 0. The summed E-state index contributed by atoms with van der Waals surface area (Å²) in [5.41, 5.74) is 2.13. The lowest BCUT2D eigenvalue weighted by Gasteiger charge is -2.24. The minimum atomic E-state index is -0.798. The van der Waals surface area contributed by atoms with Gasteiger partial charge in [-0.2, -0.15) is 0 Å². The molecule has 2 rings (SSSR count). The molecular weight excluding hydrogens is 310 g/mol. The minimum absolute atomic E-state index is 0.449. The fourth-order valence-electron chi connectivity index (χ4n) is 2.70. The molecule has 0 radical (unpaired) electrons. The third-order valence-electron chi connectivity index (χ3n) is 4.14. The molecule has 0 saturated heterocycles. The second-order valence-electron chi connectivity index (χ2n) is 6.29. The van der Waals surface area contributed by atoms with Crippen LogP contribution in [-0.2, 0) is 17.6 Å². The van der Waals surface area contributed by atoms with Crippen molar-refractivity contribution < 1.29 is 9.90 Å². The first-order valence-electron chi connectivity index (χ1n) is 7.79. The summed E-state index contributed by atoms with van der Waals surface area (Å²) in [6.07, 6.45) is 2.72. The molecule has 122 valence electrons. The summed E-state index contributed by atoms with van der Waals surface area (Å²) in [5.74, 6) is -0.767. The van der Waals surface area contributed by atoms with Crippen molar-refractivity contribution >= 4 is 17.6 Å². The maximum atomic E-state index is 11.8. The predicted octanol–water partition coefficient (Wildman–Crippen LogP) is 4.70. The molecule has 0 bridgehead atoms. The van der Waals surface area contributed by atoms with E-state index in [0.29, 0.717) is 12.8 Å². The van der Waals surface area contributed by atoms with Crippen molar-refractivity contribution in [1.29, 1.82) is 0 Å². The zero-order valence-electron chi connectivity index (χ0n) is 13.6. The van der Waals surface area contributed by atoms with Gasteiger partial charge in [-0.1, -0.05) is 29.8 Å². The third kappa shape index (κ3) is 5.07. The van der Waals surface area contributed by atoms with Crippen LogP contribution >= 0.6 is 11.6 Å². The highest BCUT2D eigenvalue weighted by atomic mass is 35.5. The van der Waals surface area contributed by atoms with Crippen molar-refractivity contribution in [3.8, 4) is 0 Å². The lowest BCUT2D eigenvalue weighted by molar-refractivity contribution is -0.148. The van der Waals surface area contributed by atoms with Gasteiger partial charge in [-0.25, -0.2) is 0 Å². The Kier molecular flexibility index (Phi) is 5.78. The zero-order chi connectivity index (χ0) is 16.9. The maximum Gasteiger partial charge on any atom is 0.309 e. The van der Waals surface area contributed by atoms with Crippen LogP contribution in [0.2, 0.25) is 5.02 Å². The number of aryl methyl sites for hydroxylation is 2. The summed E-state index contributed by atoms with van der Waals surface area (Å²) in [4.78, 5) is 16.2. The van der Waals surface area contributed by atoms with Gasteiger partial charge in [0.1, 0.15) is 0 Å². The Hall–Kier alpha value is -1.87. The average molecular weight is 332 g/mol. The van der Waals surface area contributed by atoms with E-state index >= 15 is 0 Å². The lowest BCUT2D eigenvalue weighted by atomic mass is 9.80. The number of halogens is 1. The monoisotopic (exact) mass is 331 g/mol. The molecule has 0 aliphatic rings. The first-order valence-corrected chi connectivity index (χ1v) is 8.17. The number of aliphatic carboxylic acids is 1. The van der Waals surface area contributed by atoms with Crippen LogP contribution in [0.3, 0.4) is 0 Å². The first-order chi connectivity index (χ1) is 10.9. The van der Waals surface area contributed by atoms with E-state index in [1.165, 1.54) is 5.56 Å². The Morgan fingerprint density at radius 2 is 1.91 bits per heavy atom. The maximum absolute atomic E-state index is 11.8. The van der Waals surface area contributed by atoms with Gasteiger partial charge in [-0.3, -0.25) is 9.78 Å². The summed E-state index contributed by atoms with van der Waals surface area (Å²) in [6, 6.07) is 13.4. The molecule has 1 aromatic heterocycles. The number of benzene rings is 1. The number of carbonyl (C=O) groups is 1. The second kappa shape index (κ2) is 7.60. The van der Waals surface area contributed by atoms with Crippen LogP contribution in [0, 0.1) is 12.3 Å². The Morgan fingerprint density at radius 1 is 1.22 bits per heavy atom. The van der Waals surface area contributed by atoms with Crippen molar-refractivity contribution in [2.45, 2.75) is 39.5 Å². The minimum Gasteiger partial charge on any atom is -0.481 e. The predicted molar refractivity (Wildman–Crippen MR) is 92.8 cm³/mol. The van der Waals surface area contributed by atoms with Crippen LogP contribution in [0.15, 0.2) is 42.5 Å². The second-order valence-corrected chi connectivity index (χ2v) is 6.73. The highest BCUT2D eigenvalue weighted by molar-refractivity contribution is 6.30. The molecule has 0 aliphatic heterocycles. The Bertz CT molecular complexity index is 669. The van der Waals surface area contributed by atoms with Crippen molar-refractivity contribution in [2.75, 3.05) is 0 Å². The number of rotatable bonds is 7. The van der Waals surface area contributed by atoms with Crippen LogP contribution in [-0.4, -0.2) is 16.1 Å². The van der Waals surface area contributed by atoms with E-state index in [4.69, 9.17) is 11.6 Å². The molecule has 1 aromatic carbocycles. The molecule has 0 aliphatic carbocycles. The largest absolute Gasteiger partial charge is 0.481 e. The Balaban J connectivity index is 1.99. The molecule has 23 heavy (non-hydrogen) atoms. The fraction of sp³-hybridized carbons (Fsp3) is 0.368. The number of carboxylic acids is 1. The SMILES string of the molecule is Cc1cccc(CC(C)(CCCc2ccc(Cl)cc2)C(=O)O)n1. The fourth-order valence-corrected chi connectivity index (χ4v) is 2.83. The molecule has 4 heteroatoms. The summed E-state index contributed by atoms with van der Waals surface area (Å²) in [6.45, 7) is 3.73. The van der Waals surface area contributed by atoms with Gasteiger partial charge in [0.05, 0.1) is 5.41 Å². The summed E-state index contributed by atoms with van der Waals surface area (Å²) in [5, 5.41) is 10.4. The quantitative estimate of drug-likeness (QED) is 0.800. The van der Waals surface area contributed by atoms with Crippen LogP contribution in [0.4, 0.5) is 0 Å². The van der Waals surface area contributed by atoms with Gasteiger partial charge in [0.15, 0.2) is 0 Å². The zero-order valence-corrected chi connectivity index (χ0v) is 14.3. The number of hydrogen-bond acceptors (Lipinski definition) is 2. The molecule has 1 heterocycles. The van der Waals surface area contributed by atoms with Crippen molar-refractivity contribution in [3.63, 3.8) is 0 Å². The molecule has 1 unspecified atom stereocenters. The van der Waals surface area contributed by atoms with Crippen molar-refractivity contribution in [2.24, 2.45) is 5.41 Å². The molecule has 0 fully saturated rings. The van der Waals surface area contributed by atoms with Crippen LogP contribution in [0.1, 0.15) is 36.7 Å². The summed E-state index contributed by atoms with van der Waals surface area (Å²) >= 11 is 5.88. The van der Waals surface area contributed by atoms with Crippen molar-refractivity contribution in [1.82, 2.24) is 4.98 Å². The molecule has 1 atom stereocenters. The molecule has 3 nitrogen and oxygen atoms in total. The third-order valence-corrected chi connectivity index (χ3v) is 4.39. The standard InChI is InChI=1S/C19H22ClNO2/c1-14-5-3-7-17(21-14)13-19(2,18(22)23)12-4-6-15-8-10-16(20)11-9-15/h3,5,7-11H,4,6,12-13H2,1-2H3,(H,22,23). The normalized spacial score (nSPS) is 13.5. The summed E-state index contributed by atoms with van der Waals surface area (Å²) < 4.78 is 0. The number of pyridine rings is 1. The van der Waals surface area contributed by atoms with E-state index in [-0.39, 0.29) is 0 Å². The topological polar surface area (TPSA) is 50.2 Å². The van der Waals surface area contributed by atoms with Gasteiger partial charge >= 0.3 is 5.97 Å². The van der Waals surface area contributed by atoms with Crippen molar-refractivity contribution in [3.05, 3.63) is 64.4 Å². The van der Waals surface area contributed by atoms with E-state index in [9.17, 15) is 9.90 Å². The first kappa shape index (κ1) is 17.5. The molecule has 0 spiro atoms. The van der Waals surface area contributed by atoms with Crippen LogP contribution < -0.4 is 0 Å². The molecular formula is C19H22ClNO2. The molecule has 0 amide bonds. The van der Waals surface area contributed by atoms with E-state index in [1.54, 1.807) is 6.92 Å². The molecule has 1 N–H and O–H groups in total. The smallest absolute Gasteiger partial charge is 0.309 e. The lowest BCUT2D eigenvalue weighted by Crippen LogP contribution is -2.30. The number of carboxylic acid groups (broad SMARTS) is 1. The number of hydrogen-bond donors (Lipinski definition) is 1.